The average molecular weight is 262 g/mol. The molecule has 0 spiro atoms. The largest absolute Gasteiger partial charge is 0.491 e. The molecule has 0 aliphatic carbocycles. The number of hydrogen-bond donors (Lipinski definition) is 2. The van der Waals surface area contributed by atoms with Crippen molar-refractivity contribution in [1.29, 1.82) is 0 Å². The standard InChI is InChI=1S/C15H22N2O2/c1-11(2)19-14-7-3-5-12(9-14)15(18)17-13-6-4-8-16-10-13/h3,5,7,9,11,13,16H,4,6,8,10H2,1-2H3,(H,17,18). The fraction of sp³-hybridized carbons (Fsp3) is 0.533. The second-order valence-corrected chi connectivity index (χ2v) is 5.21. The molecule has 1 aromatic rings. The van der Waals surface area contributed by atoms with Gasteiger partial charge in [-0.05, 0) is 51.4 Å². The van der Waals surface area contributed by atoms with Gasteiger partial charge in [0.25, 0.3) is 5.91 Å². The van der Waals surface area contributed by atoms with Gasteiger partial charge in [-0.15, -0.1) is 0 Å². The minimum absolute atomic E-state index is 0.0251. The van der Waals surface area contributed by atoms with Gasteiger partial charge in [-0.2, -0.15) is 0 Å². The molecule has 104 valence electrons. The van der Waals surface area contributed by atoms with Crippen LogP contribution in [0.1, 0.15) is 37.0 Å². The number of hydrogen-bond acceptors (Lipinski definition) is 3. The van der Waals surface area contributed by atoms with Crippen LogP contribution in [0.25, 0.3) is 0 Å². The number of carbonyl (C=O) groups excluding carboxylic acids is 1. The van der Waals surface area contributed by atoms with Crippen LogP contribution in [-0.4, -0.2) is 31.1 Å². The van der Waals surface area contributed by atoms with Gasteiger partial charge in [0.1, 0.15) is 5.75 Å². The first kappa shape index (κ1) is 13.9. The van der Waals surface area contributed by atoms with E-state index >= 15 is 0 Å². The van der Waals surface area contributed by atoms with Gasteiger partial charge in [-0.3, -0.25) is 4.79 Å². The van der Waals surface area contributed by atoms with Gasteiger partial charge in [-0.1, -0.05) is 6.07 Å². The van der Waals surface area contributed by atoms with Crippen molar-refractivity contribution in [1.82, 2.24) is 10.6 Å². The van der Waals surface area contributed by atoms with E-state index in [4.69, 9.17) is 4.74 Å². The average Bonchev–Trinajstić information content (AvgIpc) is 2.39. The zero-order valence-electron chi connectivity index (χ0n) is 11.6. The van der Waals surface area contributed by atoms with Crippen LogP contribution >= 0.6 is 0 Å². The lowest BCUT2D eigenvalue weighted by Gasteiger charge is -2.23. The summed E-state index contributed by atoms with van der Waals surface area (Å²) in [6.07, 6.45) is 2.27. The SMILES string of the molecule is CC(C)Oc1cccc(C(=O)NC2CCCNC2)c1. The Morgan fingerprint density at radius 2 is 2.32 bits per heavy atom. The van der Waals surface area contributed by atoms with Crippen LogP contribution in [0.3, 0.4) is 0 Å². The van der Waals surface area contributed by atoms with E-state index < -0.39 is 0 Å². The number of carbonyl (C=O) groups is 1. The Bertz CT molecular complexity index is 426. The zero-order valence-corrected chi connectivity index (χ0v) is 11.6. The molecule has 0 bridgehead atoms. The van der Waals surface area contributed by atoms with E-state index in [1.165, 1.54) is 0 Å². The van der Waals surface area contributed by atoms with Crippen LogP contribution in [0.5, 0.6) is 5.75 Å². The molecule has 0 radical (unpaired) electrons. The quantitative estimate of drug-likeness (QED) is 0.872. The van der Waals surface area contributed by atoms with Gasteiger partial charge in [-0.25, -0.2) is 0 Å². The van der Waals surface area contributed by atoms with E-state index in [1.54, 1.807) is 6.07 Å². The first-order valence-electron chi connectivity index (χ1n) is 6.93. The molecule has 1 aliphatic rings. The molecule has 1 aliphatic heterocycles. The number of ether oxygens (including phenoxy) is 1. The molecule has 0 saturated carbocycles. The Morgan fingerprint density at radius 1 is 1.47 bits per heavy atom. The van der Waals surface area contributed by atoms with E-state index in [1.807, 2.05) is 32.0 Å². The highest BCUT2D eigenvalue weighted by molar-refractivity contribution is 5.94. The minimum Gasteiger partial charge on any atom is -0.491 e. The van der Waals surface area contributed by atoms with Gasteiger partial charge in [0.2, 0.25) is 0 Å². The molecule has 1 fully saturated rings. The van der Waals surface area contributed by atoms with Crippen molar-refractivity contribution in [3.05, 3.63) is 29.8 Å². The molecule has 2 rings (SSSR count). The molecule has 1 aromatic carbocycles. The highest BCUT2D eigenvalue weighted by Crippen LogP contribution is 2.15. The Labute approximate surface area is 114 Å². The Kier molecular flexibility index (Phi) is 4.80. The molecule has 1 atom stereocenters. The summed E-state index contributed by atoms with van der Waals surface area (Å²) in [4.78, 5) is 12.2. The van der Waals surface area contributed by atoms with Crippen molar-refractivity contribution in [3.8, 4) is 5.75 Å². The summed E-state index contributed by atoms with van der Waals surface area (Å²) in [7, 11) is 0. The fourth-order valence-corrected chi connectivity index (χ4v) is 2.23. The topological polar surface area (TPSA) is 50.4 Å². The summed E-state index contributed by atoms with van der Waals surface area (Å²) < 4.78 is 5.60. The number of nitrogens with one attached hydrogen (secondary N) is 2. The van der Waals surface area contributed by atoms with E-state index in [2.05, 4.69) is 10.6 Å². The fourth-order valence-electron chi connectivity index (χ4n) is 2.23. The molecular weight excluding hydrogens is 240 g/mol. The van der Waals surface area contributed by atoms with Gasteiger partial charge in [0.05, 0.1) is 6.10 Å². The molecule has 4 heteroatoms. The highest BCUT2D eigenvalue weighted by Gasteiger charge is 2.16. The monoisotopic (exact) mass is 262 g/mol. The predicted molar refractivity (Wildman–Crippen MR) is 75.6 cm³/mol. The van der Waals surface area contributed by atoms with Crippen LogP contribution < -0.4 is 15.4 Å². The Hall–Kier alpha value is -1.55. The lowest BCUT2D eigenvalue weighted by molar-refractivity contribution is 0.0930. The minimum atomic E-state index is -0.0251. The van der Waals surface area contributed by atoms with Crippen molar-refractivity contribution in [2.75, 3.05) is 13.1 Å². The number of piperidine rings is 1. The second-order valence-electron chi connectivity index (χ2n) is 5.21. The normalized spacial score (nSPS) is 19.2. The molecule has 2 N–H and O–H groups in total. The summed E-state index contributed by atoms with van der Waals surface area (Å²) in [5, 5.41) is 6.35. The zero-order chi connectivity index (χ0) is 13.7. The number of amides is 1. The van der Waals surface area contributed by atoms with Gasteiger partial charge < -0.3 is 15.4 Å². The van der Waals surface area contributed by atoms with E-state index in [-0.39, 0.29) is 18.1 Å². The summed E-state index contributed by atoms with van der Waals surface area (Å²) in [5.74, 6) is 0.715. The molecule has 1 heterocycles. The molecule has 1 amide bonds. The molecule has 19 heavy (non-hydrogen) atoms. The lowest BCUT2D eigenvalue weighted by atomic mass is 10.1. The van der Waals surface area contributed by atoms with Crippen LogP contribution in [0.2, 0.25) is 0 Å². The smallest absolute Gasteiger partial charge is 0.251 e. The molecule has 1 saturated heterocycles. The maximum Gasteiger partial charge on any atom is 0.251 e. The van der Waals surface area contributed by atoms with Crippen molar-refractivity contribution in [3.63, 3.8) is 0 Å². The van der Waals surface area contributed by atoms with Gasteiger partial charge in [0.15, 0.2) is 0 Å². The maximum atomic E-state index is 12.2. The second kappa shape index (κ2) is 6.57. The Morgan fingerprint density at radius 3 is 3.00 bits per heavy atom. The highest BCUT2D eigenvalue weighted by atomic mass is 16.5. The summed E-state index contributed by atoms with van der Waals surface area (Å²) in [6.45, 7) is 5.85. The van der Waals surface area contributed by atoms with Crippen molar-refractivity contribution in [2.45, 2.75) is 38.8 Å². The summed E-state index contributed by atoms with van der Waals surface area (Å²) in [6, 6.07) is 7.57. The predicted octanol–water partition coefficient (Wildman–Crippen LogP) is 1.96. The lowest BCUT2D eigenvalue weighted by Crippen LogP contribution is -2.45. The molecule has 4 nitrogen and oxygen atoms in total. The van der Waals surface area contributed by atoms with Gasteiger partial charge >= 0.3 is 0 Å². The third-order valence-electron chi connectivity index (χ3n) is 3.10. The first-order chi connectivity index (χ1) is 9.15. The number of benzene rings is 1. The van der Waals surface area contributed by atoms with E-state index in [9.17, 15) is 4.79 Å². The van der Waals surface area contributed by atoms with Crippen molar-refractivity contribution in [2.24, 2.45) is 0 Å². The third-order valence-corrected chi connectivity index (χ3v) is 3.10. The molecule has 0 aromatic heterocycles. The molecular formula is C15H22N2O2. The first-order valence-corrected chi connectivity index (χ1v) is 6.93. The maximum absolute atomic E-state index is 12.2. The van der Waals surface area contributed by atoms with Crippen LogP contribution in [0.4, 0.5) is 0 Å². The molecule has 1 unspecified atom stereocenters. The third kappa shape index (κ3) is 4.24. The van der Waals surface area contributed by atoms with Crippen LogP contribution in [-0.2, 0) is 0 Å². The van der Waals surface area contributed by atoms with Crippen LogP contribution in [0, 0.1) is 0 Å². The van der Waals surface area contributed by atoms with E-state index in [0.29, 0.717) is 5.56 Å². The van der Waals surface area contributed by atoms with Crippen molar-refractivity contribution >= 4 is 5.91 Å². The van der Waals surface area contributed by atoms with Crippen molar-refractivity contribution < 1.29 is 9.53 Å². The number of rotatable bonds is 4. The summed E-state index contributed by atoms with van der Waals surface area (Å²) >= 11 is 0. The Balaban J connectivity index is 1.97. The van der Waals surface area contributed by atoms with E-state index in [0.717, 1.165) is 31.7 Å². The van der Waals surface area contributed by atoms with Gasteiger partial charge in [0, 0.05) is 18.2 Å². The van der Waals surface area contributed by atoms with Crippen LogP contribution in [0.15, 0.2) is 24.3 Å². The summed E-state index contributed by atoms with van der Waals surface area (Å²) in [5.41, 5.74) is 0.656.